The molecule has 3 aliphatic carbocycles. The first-order chi connectivity index (χ1) is 8.77. The van der Waals surface area contributed by atoms with Crippen molar-refractivity contribution in [3.8, 4) is 0 Å². The van der Waals surface area contributed by atoms with Crippen molar-refractivity contribution >= 4 is 5.78 Å². The maximum Gasteiger partial charge on any atom is 0.156 e. The van der Waals surface area contributed by atoms with Gasteiger partial charge in [0.15, 0.2) is 5.78 Å². The summed E-state index contributed by atoms with van der Waals surface area (Å²) in [4.78, 5) is 11.8. The molecule has 0 bridgehead atoms. The van der Waals surface area contributed by atoms with Crippen LogP contribution in [0.15, 0.2) is 23.3 Å². The van der Waals surface area contributed by atoms with Gasteiger partial charge in [0.2, 0.25) is 0 Å². The van der Waals surface area contributed by atoms with Gasteiger partial charge in [-0.15, -0.1) is 0 Å². The van der Waals surface area contributed by atoms with Crippen LogP contribution in [0.2, 0.25) is 0 Å². The van der Waals surface area contributed by atoms with Crippen molar-refractivity contribution in [3.63, 3.8) is 0 Å². The average molecular weight is 262 g/mol. The van der Waals surface area contributed by atoms with E-state index in [0.717, 1.165) is 11.1 Å². The van der Waals surface area contributed by atoms with Crippen molar-refractivity contribution in [1.82, 2.24) is 0 Å². The quantitative estimate of drug-likeness (QED) is 0.656. The van der Waals surface area contributed by atoms with E-state index in [4.69, 9.17) is 0 Å². The lowest BCUT2D eigenvalue weighted by Gasteiger charge is -2.55. The Labute approximate surface area is 114 Å². The third-order valence-corrected chi connectivity index (χ3v) is 5.78. The zero-order valence-electron chi connectivity index (χ0n) is 11.8. The summed E-state index contributed by atoms with van der Waals surface area (Å²) in [6, 6.07) is 0. The first-order valence-electron chi connectivity index (χ1n) is 7.07. The molecular weight excluding hydrogens is 240 g/mol. The maximum atomic E-state index is 11.8. The topological polar surface area (TPSA) is 57.5 Å². The Morgan fingerprint density at radius 1 is 1.32 bits per heavy atom. The molecule has 3 rings (SSSR count). The van der Waals surface area contributed by atoms with Gasteiger partial charge in [-0.25, -0.2) is 0 Å². The first-order valence-corrected chi connectivity index (χ1v) is 7.07. The Kier molecular flexibility index (Phi) is 2.61. The van der Waals surface area contributed by atoms with Crippen LogP contribution in [0, 0.1) is 16.7 Å². The highest BCUT2D eigenvalue weighted by Gasteiger charge is 2.57. The Morgan fingerprint density at radius 3 is 2.68 bits per heavy atom. The van der Waals surface area contributed by atoms with Gasteiger partial charge in [-0.1, -0.05) is 31.1 Å². The number of hydrogen-bond acceptors (Lipinski definition) is 3. The molecule has 104 valence electrons. The molecular formula is C16H22O3. The zero-order chi connectivity index (χ0) is 14.0. The highest BCUT2D eigenvalue weighted by atomic mass is 16.3. The molecule has 0 amide bonds. The highest BCUT2D eigenvalue weighted by molar-refractivity contribution is 5.94. The molecule has 3 heteroatoms. The lowest BCUT2D eigenvalue weighted by molar-refractivity contribution is -0.116. The molecule has 19 heavy (non-hydrogen) atoms. The molecule has 0 aromatic carbocycles. The number of rotatable bonds is 0. The summed E-state index contributed by atoms with van der Waals surface area (Å²) >= 11 is 0. The van der Waals surface area contributed by atoms with E-state index in [0.29, 0.717) is 19.3 Å². The Bertz CT molecular complexity index is 504. The number of hydrogen-bond donors (Lipinski definition) is 2. The standard InChI is InChI=1S/C16H22O3/c1-9-4-10(17)5-13-12-6-11(18)7-15(12,2)8-14(19)16(9,13)3/h4,6,10,13-14,17,19H,5,7-8H2,1-3H3/t10-,13-,14+,15+,16-/m0/s1. The van der Waals surface area contributed by atoms with Crippen LogP contribution in [0.25, 0.3) is 0 Å². The largest absolute Gasteiger partial charge is 0.392 e. The van der Waals surface area contributed by atoms with Crippen LogP contribution >= 0.6 is 0 Å². The molecule has 0 spiro atoms. The predicted octanol–water partition coefficient (Wildman–Crippen LogP) is 1.99. The smallest absolute Gasteiger partial charge is 0.156 e. The van der Waals surface area contributed by atoms with Gasteiger partial charge in [0.05, 0.1) is 12.2 Å². The van der Waals surface area contributed by atoms with Crippen LogP contribution in [0.3, 0.4) is 0 Å². The van der Waals surface area contributed by atoms with E-state index in [-0.39, 0.29) is 22.5 Å². The van der Waals surface area contributed by atoms with Gasteiger partial charge in [-0.05, 0) is 37.2 Å². The molecule has 0 aliphatic heterocycles. The first kappa shape index (κ1) is 13.1. The molecule has 1 saturated carbocycles. The molecule has 0 heterocycles. The molecule has 0 radical (unpaired) electrons. The van der Waals surface area contributed by atoms with Crippen LogP contribution in [-0.4, -0.2) is 28.2 Å². The van der Waals surface area contributed by atoms with E-state index >= 15 is 0 Å². The van der Waals surface area contributed by atoms with Crippen molar-refractivity contribution < 1.29 is 15.0 Å². The minimum atomic E-state index is -0.468. The third kappa shape index (κ3) is 1.61. The van der Waals surface area contributed by atoms with Crippen LogP contribution < -0.4 is 0 Å². The second-order valence-electron chi connectivity index (χ2n) is 7.01. The fourth-order valence-electron chi connectivity index (χ4n) is 4.48. The van der Waals surface area contributed by atoms with Crippen LogP contribution in [-0.2, 0) is 4.79 Å². The van der Waals surface area contributed by atoms with Crippen molar-refractivity contribution in [3.05, 3.63) is 23.3 Å². The molecule has 2 N–H and O–H groups in total. The number of carbonyl (C=O) groups excluding carboxylic acids is 1. The number of aliphatic hydroxyl groups excluding tert-OH is 2. The Balaban J connectivity index is 2.14. The van der Waals surface area contributed by atoms with E-state index in [1.54, 1.807) is 6.08 Å². The van der Waals surface area contributed by atoms with Gasteiger partial charge in [0.25, 0.3) is 0 Å². The summed E-state index contributed by atoms with van der Waals surface area (Å²) in [5, 5.41) is 20.7. The van der Waals surface area contributed by atoms with Crippen LogP contribution in [0.1, 0.15) is 40.0 Å². The average Bonchev–Trinajstić information content (AvgIpc) is 2.57. The fraction of sp³-hybridized carbons (Fsp3) is 0.688. The number of carbonyl (C=O) groups is 1. The van der Waals surface area contributed by atoms with Crippen molar-refractivity contribution in [2.75, 3.05) is 0 Å². The lowest BCUT2D eigenvalue weighted by Crippen LogP contribution is -2.52. The second-order valence-corrected chi connectivity index (χ2v) is 7.01. The normalized spacial score (nSPS) is 49.3. The molecule has 3 nitrogen and oxygen atoms in total. The van der Waals surface area contributed by atoms with E-state index in [1.807, 2.05) is 13.0 Å². The van der Waals surface area contributed by atoms with Gasteiger partial charge in [-0.3, -0.25) is 4.79 Å². The zero-order valence-corrected chi connectivity index (χ0v) is 11.8. The Hall–Kier alpha value is -0.930. The third-order valence-electron chi connectivity index (χ3n) is 5.78. The molecule has 0 saturated heterocycles. The summed E-state index contributed by atoms with van der Waals surface area (Å²) in [6.45, 7) is 6.13. The Morgan fingerprint density at radius 2 is 2.00 bits per heavy atom. The van der Waals surface area contributed by atoms with Gasteiger partial charge < -0.3 is 10.2 Å². The summed E-state index contributed by atoms with van der Waals surface area (Å²) in [5.74, 6) is 0.239. The number of allylic oxidation sites excluding steroid dienone is 2. The van der Waals surface area contributed by atoms with Crippen LogP contribution in [0.5, 0.6) is 0 Å². The summed E-state index contributed by atoms with van der Waals surface area (Å²) in [5.41, 5.74) is 1.65. The second kappa shape index (κ2) is 3.80. The van der Waals surface area contributed by atoms with Crippen molar-refractivity contribution in [2.24, 2.45) is 16.7 Å². The maximum absolute atomic E-state index is 11.8. The number of fused-ring (bicyclic) bond motifs is 3. The summed E-state index contributed by atoms with van der Waals surface area (Å²) in [7, 11) is 0. The molecule has 5 atom stereocenters. The minimum Gasteiger partial charge on any atom is -0.392 e. The van der Waals surface area contributed by atoms with E-state index < -0.39 is 12.2 Å². The van der Waals surface area contributed by atoms with E-state index in [9.17, 15) is 15.0 Å². The molecule has 1 fully saturated rings. The molecule has 0 aromatic heterocycles. The van der Waals surface area contributed by atoms with Crippen molar-refractivity contribution in [1.29, 1.82) is 0 Å². The van der Waals surface area contributed by atoms with E-state index in [2.05, 4.69) is 13.8 Å². The fourth-order valence-corrected chi connectivity index (χ4v) is 4.48. The monoisotopic (exact) mass is 262 g/mol. The van der Waals surface area contributed by atoms with Crippen LogP contribution in [0.4, 0.5) is 0 Å². The summed E-state index contributed by atoms with van der Waals surface area (Å²) in [6.07, 6.45) is 4.47. The SMILES string of the molecule is CC1=C[C@H](O)C[C@H]2C3=CC(=O)C[C@]3(C)C[C@@H](O)[C@@]12C. The number of ketones is 1. The van der Waals surface area contributed by atoms with Crippen molar-refractivity contribution in [2.45, 2.75) is 52.2 Å². The van der Waals surface area contributed by atoms with E-state index in [1.165, 1.54) is 0 Å². The highest BCUT2D eigenvalue weighted by Crippen LogP contribution is 2.61. The summed E-state index contributed by atoms with van der Waals surface area (Å²) < 4.78 is 0. The van der Waals surface area contributed by atoms with Gasteiger partial charge in [0, 0.05) is 11.8 Å². The van der Waals surface area contributed by atoms with Gasteiger partial charge in [-0.2, -0.15) is 0 Å². The lowest BCUT2D eigenvalue weighted by atomic mass is 9.51. The van der Waals surface area contributed by atoms with Gasteiger partial charge in [0.1, 0.15) is 0 Å². The predicted molar refractivity (Wildman–Crippen MR) is 72.4 cm³/mol. The number of aliphatic hydroxyl groups is 2. The molecule has 3 aliphatic rings. The van der Waals surface area contributed by atoms with Gasteiger partial charge >= 0.3 is 0 Å². The molecule has 0 aromatic rings. The molecule has 0 unspecified atom stereocenters. The minimum absolute atomic E-state index is 0.0766.